The lowest BCUT2D eigenvalue weighted by molar-refractivity contribution is 0.463. The number of hydrogen-bond donors (Lipinski definition) is 1. The molecule has 2 aromatic carbocycles. The Morgan fingerprint density at radius 2 is 1.52 bits per heavy atom. The van der Waals surface area contributed by atoms with Crippen molar-refractivity contribution >= 4 is 11.5 Å². The number of aromatic nitrogens is 2. The summed E-state index contributed by atoms with van der Waals surface area (Å²) in [6.45, 7) is 1.26. The van der Waals surface area contributed by atoms with E-state index >= 15 is 0 Å². The lowest BCUT2D eigenvalue weighted by Gasteiger charge is -2.24. The quantitative estimate of drug-likeness (QED) is 0.427. The number of nitrogens with zero attached hydrogens (tertiary/aromatic N) is 3. The van der Waals surface area contributed by atoms with E-state index in [0.29, 0.717) is 19.1 Å². The van der Waals surface area contributed by atoms with Gasteiger partial charge in [-0.05, 0) is 42.5 Å². The van der Waals surface area contributed by atoms with E-state index in [1.165, 1.54) is 0 Å². The minimum absolute atomic E-state index is 0.555. The molecule has 1 N–H and O–H groups in total. The van der Waals surface area contributed by atoms with Gasteiger partial charge in [0, 0.05) is 24.5 Å². The maximum atomic E-state index is 5.91. The van der Waals surface area contributed by atoms with Gasteiger partial charge in [-0.25, -0.2) is 0 Å². The molecule has 29 heavy (non-hydrogen) atoms. The van der Waals surface area contributed by atoms with Crippen LogP contribution >= 0.6 is 0 Å². The molecule has 0 spiro atoms. The summed E-state index contributed by atoms with van der Waals surface area (Å²) in [5.41, 5.74) is 2.04. The number of benzene rings is 2. The van der Waals surface area contributed by atoms with Crippen LogP contribution in [-0.4, -0.2) is 16.6 Å². The van der Waals surface area contributed by atoms with Crippen molar-refractivity contribution in [1.29, 1.82) is 0 Å². The molecular formula is C24H22N4O. The van der Waals surface area contributed by atoms with Crippen LogP contribution in [0.5, 0.6) is 11.6 Å². The van der Waals surface area contributed by atoms with Gasteiger partial charge in [0.1, 0.15) is 11.6 Å². The number of pyridine rings is 2. The largest absolute Gasteiger partial charge is 0.439 e. The Balaban J connectivity index is 1.53. The fraction of sp³-hybridized carbons (Fsp3) is 0.0833. The summed E-state index contributed by atoms with van der Waals surface area (Å²) >= 11 is 0. The van der Waals surface area contributed by atoms with Crippen LogP contribution < -0.4 is 15.0 Å². The number of rotatable bonds is 8. The second kappa shape index (κ2) is 9.48. The maximum absolute atomic E-state index is 5.91. The van der Waals surface area contributed by atoms with Crippen molar-refractivity contribution in [2.45, 2.75) is 6.54 Å². The summed E-state index contributed by atoms with van der Waals surface area (Å²) < 4.78 is 5.91. The van der Waals surface area contributed by atoms with Crippen LogP contribution in [0.25, 0.3) is 0 Å². The monoisotopic (exact) mass is 382 g/mol. The van der Waals surface area contributed by atoms with Gasteiger partial charge in [0.25, 0.3) is 0 Å². The zero-order chi connectivity index (χ0) is 19.7. The highest BCUT2D eigenvalue weighted by Gasteiger charge is 2.12. The van der Waals surface area contributed by atoms with Crippen molar-refractivity contribution in [3.63, 3.8) is 0 Å². The molecule has 0 aliphatic carbocycles. The first-order valence-corrected chi connectivity index (χ1v) is 9.52. The lowest BCUT2D eigenvalue weighted by atomic mass is 10.3. The summed E-state index contributed by atoms with van der Waals surface area (Å²) in [7, 11) is 0. The molecule has 0 amide bonds. The van der Waals surface area contributed by atoms with Gasteiger partial charge in [-0.3, -0.25) is 10.3 Å². The highest BCUT2D eigenvalue weighted by molar-refractivity contribution is 5.60. The molecular weight excluding hydrogens is 360 g/mol. The lowest BCUT2D eigenvalue weighted by Crippen LogP contribution is -2.31. The summed E-state index contributed by atoms with van der Waals surface area (Å²) in [6.07, 6.45) is 1.80. The highest BCUT2D eigenvalue weighted by atomic mass is 16.5. The fourth-order valence-corrected chi connectivity index (χ4v) is 2.93. The molecule has 0 unspecified atom stereocenters. The van der Waals surface area contributed by atoms with E-state index in [9.17, 15) is 0 Å². The Morgan fingerprint density at radius 3 is 2.28 bits per heavy atom. The first-order valence-electron chi connectivity index (χ1n) is 9.52. The number of ether oxygens (including phenoxy) is 1. The Hall–Kier alpha value is -3.70. The SMILES string of the molecule is c1ccc(Oc2cccc(N(CNCc3ccccn3)c3ccccc3)n2)cc1. The van der Waals surface area contributed by atoms with Crippen LogP contribution in [-0.2, 0) is 6.54 Å². The van der Waals surface area contributed by atoms with E-state index in [1.54, 1.807) is 6.20 Å². The normalized spacial score (nSPS) is 10.5. The Kier molecular flexibility index (Phi) is 6.10. The Morgan fingerprint density at radius 1 is 0.759 bits per heavy atom. The summed E-state index contributed by atoms with van der Waals surface area (Å²) in [4.78, 5) is 11.2. The summed E-state index contributed by atoms with van der Waals surface area (Å²) in [5, 5.41) is 3.45. The molecule has 4 rings (SSSR count). The molecule has 5 nitrogen and oxygen atoms in total. The maximum Gasteiger partial charge on any atom is 0.221 e. The van der Waals surface area contributed by atoms with Crippen LogP contribution in [0.4, 0.5) is 11.5 Å². The molecule has 2 aromatic heterocycles. The van der Waals surface area contributed by atoms with Gasteiger partial charge in [-0.2, -0.15) is 4.98 Å². The third-order valence-electron chi connectivity index (χ3n) is 4.32. The molecule has 0 aliphatic rings. The van der Waals surface area contributed by atoms with E-state index in [-0.39, 0.29) is 0 Å². The molecule has 144 valence electrons. The van der Waals surface area contributed by atoms with E-state index in [1.807, 2.05) is 84.9 Å². The van der Waals surface area contributed by atoms with E-state index in [0.717, 1.165) is 22.9 Å². The van der Waals surface area contributed by atoms with Gasteiger partial charge in [0.15, 0.2) is 0 Å². The van der Waals surface area contributed by atoms with Crippen molar-refractivity contribution in [3.8, 4) is 11.6 Å². The first kappa shape index (κ1) is 18.7. The van der Waals surface area contributed by atoms with Crippen molar-refractivity contribution in [1.82, 2.24) is 15.3 Å². The minimum atomic E-state index is 0.555. The van der Waals surface area contributed by atoms with Gasteiger partial charge in [0.2, 0.25) is 5.88 Å². The standard InChI is InChI=1S/C24H22N4O/c1-3-11-21(12-4-1)28(19-25-18-20-10-7-8-17-26-20)23-15-9-16-24(27-23)29-22-13-5-2-6-14-22/h1-17,25H,18-19H2. The fourth-order valence-electron chi connectivity index (χ4n) is 2.93. The predicted octanol–water partition coefficient (Wildman–Crippen LogP) is 5.15. The van der Waals surface area contributed by atoms with Gasteiger partial charge in [-0.1, -0.05) is 48.5 Å². The van der Waals surface area contributed by atoms with Crippen LogP contribution in [0.2, 0.25) is 0 Å². The molecule has 0 bridgehead atoms. The minimum Gasteiger partial charge on any atom is -0.439 e. The van der Waals surface area contributed by atoms with E-state index < -0.39 is 0 Å². The van der Waals surface area contributed by atoms with Gasteiger partial charge >= 0.3 is 0 Å². The molecule has 0 radical (unpaired) electrons. The third kappa shape index (κ3) is 5.18. The van der Waals surface area contributed by atoms with Crippen molar-refractivity contribution in [3.05, 3.63) is 109 Å². The number of hydrogen-bond acceptors (Lipinski definition) is 5. The highest BCUT2D eigenvalue weighted by Crippen LogP contribution is 2.26. The molecule has 0 saturated carbocycles. The van der Waals surface area contributed by atoms with Crippen molar-refractivity contribution < 1.29 is 4.74 Å². The zero-order valence-electron chi connectivity index (χ0n) is 16.0. The Bertz CT molecular complexity index is 1010. The molecule has 2 heterocycles. The van der Waals surface area contributed by atoms with Crippen LogP contribution in [0, 0.1) is 0 Å². The molecule has 0 aliphatic heterocycles. The van der Waals surface area contributed by atoms with E-state index in [2.05, 4.69) is 27.3 Å². The molecule has 4 aromatic rings. The number of nitrogens with one attached hydrogen (secondary N) is 1. The van der Waals surface area contributed by atoms with Crippen LogP contribution in [0.15, 0.2) is 103 Å². The van der Waals surface area contributed by atoms with Gasteiger partial charge < -0.3 is 9.64 Å². The summed E-state index contributed by atoms with van der Waals surface area (Å²) in [6, 6.07) is 31.6. The first-order chi connectivity index (χ1) is 14.4. The summed E-state index contributed by atoms with van der Waals surface area (Å²) in [5.74, 6) is 2.12. The zero-order valence-corrected chi connectivity index (χ0v) is 16.0. The average molecular weight is 382 g/mol. The van der Waals surface area contributed by atoms with Crippen LogP contribution in [0.1, 0.15) is 5.69 Å². The molecule has 5 heteroatoms. The topological polar surface area (TPSA) is 50.3 Å². The number of para-hydroxylation sites is 2. The molecule has 0 atom stereocenters. The van der Waals surface area contributed by atoms with E-state index in [4.69, 9.17) is 9.72 Å². The molecule has 0 fully saturated rings. The van der Waals surface area contributed by atoms with Crippen molar-refractivity contribution in [2.75, 3.05) is 11.6 Å². The second-order valence-electron chi connectivity index (χ2n) is 6.42. The second-order valence-corrected chi connectivity index (χ2v) is 6.42. The van der Waals surface area contributed by atoms with Gasteiger partial charge in [0.05, 0.1) is 12.4 Å². The van der Waals surface area contributed by atoms with Crippen molar-refractivity contribution in [2.24, 2.45) is 0 Å². The predicted molar refractivity (Wildman–Crippen MR) is 115 cm³/mol. The third-order valence-corrected chi connectivity index (χ3v) is 4.32. The Labute approximate surface area is 170 Å². The average Bonchev–Trinajstić information content (AvgIpc) is 2.79. The number of anilines is 2. The molecule has 0 saturated heterocycles. The smallest absolute Gasteiger partial charge is 0.221 e. The van der Waals surface area contributed by atoms with Gasteiger partial charge in [-0.15, -0.1) is 0 Å². The van der Waals surface area contributed by atoms with Crippen LogP contribution in [0.3, 0.4) is 0 Å².